The topological polar surface area (TPSA) is 164 Å². The number of carbonyl (C=O) groups excluding carboxylic acids is 4. The summed E-state index contributed by atoms with van der Waals surface area (Å²) in [5, 5.41) is 8.94. The second-order valence-electron chi connectivity index (χ2n) is 8.05. The molecule has 2 fully saturated rings. The summed E-state index contributed by atoms with van der Waals surface area (Å²) in [7, 11) is 0. The van der Waals surface area contributed by atoms with Gasteiger partial charge in [0.2, 0.25) is 23.6 Å². The standard InChI is InChI=1S/C11H14F2N2O4.C10H14F2N2O2.CH4/c1-2-6(9(14)16)15-4-5(3-7(12)13)8(10(15)17)11(18)19;1-2-7(10(13)16)14-5-6(3-8(11)12)4-9(14)15;/h3,5-6,8H,2,4H2,1H3,(H2,14,16)(H,18,19);3,6-7H,2,4-5H2,1H3,(H2,13,16);1H4/t5-,6?,8?;6-,7?;/m01./s1. The normalized spacial score (nSPS) is 22.6. The second-order valence-corrected chi connectivity index (χ2v) is 8.05. The minimum Gasteiger partial charge on any atom is -0.481 e. The molecule has 4 amide bonds. The average Bonchev–Trinajstić information content (AvgIpc) is 3.21. The highest BCUT2D eigenvalue weighted by atomic mass is 19.3. The Hall–Kier alpha value is -3.45. The molecule has 2 aliphatic heterocycles. The van der Waals surface area contributed by atoms with Crippen LogP contribution in [0.3, 0.4) is 0 Å². The number of hydrogen-bond donors (Lipinski definition) is 3. The molecule has 0 spiro atoms. The molecule has 2 rings (SSSR count). The van der Waals surface area contributed by atoms with E-state index in [0.717, 1.165) is 11.0 Å². The SMILES string of the molecule is C.CCC(C(N)=O)N1C[C@H](C=C(F)F)C(C(=O)O)C1=O.CCC(C(N)=O)N1C[C@H](C=C(F)F)CC1=O. The maximum Gasteiger partial charge on any atom is 0.316 e. The summed E-state index contributed by atoms with van der Waals surface area (Å²) in [6.45, 7) is 3.20. The molecule has 5 N–H and O–H groups in total. The Labute approximate surface area is 205 Å². The van der Waals surface area contributed by atoms with Gasteiger partial charge in [0.1, 0.15) is 18.0 Å². The van der Waals surface area contributed by atoms with Crippen molar-refractivity contribution >= 4 is 29.6 Å². The summed E-state index contributed by atoms with van der Waals surface area (Å²) in [6, 6.07) is -1.66. The molecule has 10 nitrogen and oxygen atoms in total. The summed E-state index contributed by atoms with van der Waals surface area (Å²) >= 11 is 0. The van der Waals surface area contributed by atoms with E-state index >= 15 is 0 Å². The van der Waals surface area contributed by atoms with Gasteiger partial charge in [-0.2, -0.15) is 17.6 Å². The molecule has 0 aliphatic carbocycles. The van der Waals surface area contributed by atoms with Gasteiger partial charge in [0.15, 0.2) is 0 Å². The van der Waals surface area contributed by atoms with Gasteiger partial charge in [-0.05, 0) is 25.0 Å². The van der Waals surface area contributed by atoms with E-state index in [0.29, 0.717) is 12.5 Å². The van der Waals surface area contributed by atoms with Crippen LogP contribution in [0.2, 0.25) is 0 Å². The third-order valence-corrected chi connectivity index (χ3v) is 5.72. The molecule has 0 radical (unpaired) electrons. The van der Waals surface area contributed by atoms with Gasteiger partial charge in [-0.1, -0.05) is 21.3 Å². The number of primary amides is 2. The van der Waals surface area contributed by atoms with Crippen LogP contribution in [0, 0.1) is 17.8 Å². The first-order valence-electron chi connectivity index (χ1n) is 10.7. The van der Waals surface area contributed by atoms with Crippen LogP contribution in [0.4, 0.5) is 17.6 Å². The number of amides is 4. The van der Waals surface area contributed by atoms with E-state index in [4.69, 9.17) is 16.6 Å². The van der Waals surface area contributed by atoms with E-state index in [1.54, 1.807) is 13.8 Å². The van der Waals surface area contributed by atoms with Crippen molar-refractivity contribution in [3.8, 4) is 0 Å². The van der Waals surface area contributed by atoms with Crippen LogP contribution in [0.15, 0.2) is 24.3 Å². The van der Waals surface area contributed by atoms with Gasteiger partial charge in [-0.25, -0.2) is 0 Å². The van der Waals surface area contributed by atoms with Gasteiger partial charge in [0.05, 0.1) is 0 Å². The van der Waals surface area contributed by atoms with Crippen molar-refractivity contribution in [3.05, 3.63) is 24.3 Å². The molecule has 0 saturated carbocycles. The molecule has 0 aromatic rings. The number of aliphatic carboxylic acids is 1. The van der Waals surface area contributed by atoms with Crippen molar-refractivity contribution in [2.24, 2.45) is 29.2 Å². The second kappa shape index (κ2) is 14.2. The number of rotatable bonds is 9. The van der Waals surface area contributed by atoms with E-state index in [-0.39, 0.29) is 39.3 Å². The van der Waals surface area contributed by atoms with Crippen LogP contribution in [0.1, 0.15) is 40.5 Å². The Balaban J connectivity index is 0.000000671. The molecular weight excluding hydrogens is 492 g/mol. The zero-order chi connectivity index (χ0) is 27.0. The van der Waals surface area contributed by atoms with E-state index in [1.165, 1.54) is 4.90 Å². The molecule has 2 heterocycles. The Morgan fingerprint density at radius 2 is 1.42 bits per heavy atom. The lowest BCUT2D eigenvalue weighted by atomic mass is 9.96. The highest BCUT2D eigenvalue weighted by molar-refractivity contribution is 6.01. The third kappa shape index (κ3) is 8.34. The summed E-state index contributed by atoms with van der Waals surface area (Å²) in [5.41, 5.74) is 10.3. The van der Waals surface area contributed by atoms with Crippen molar-refractivity contribution in [1.29, 1.82) is 0 Å². The fourth-order valence-electron chi connectivity index (χ4n) is 4.17. The van der Waals surface area contributed by atoms with Crippen molar-refractivity contribution < 1.29 is 46.6 Å². The molecule has 14 heteroatoms. The summed E-state index contributed by atoms with van der Waals surface area (Å²) in [4.78, 5) is 58.9. The first-order chi connectivity index (χ1) is 16.2. The van der Waals surface area contributed by atoms with Gasteiger partial charge in [0.25, 0.3) is 12.2 Å². The van der Waals surface area contributed by atoms with E-state index in [1.807, 2.05) is 0 Å². The number of carboxylic acids is 1. The number of likely N-dealkylation sites (tertiary alicyclic amines) is 2. The van der Waals surface area contributed by atoms with E-state index in [2.05, 4.69) is 0 Å². The van der Waals surface area contributed by atoms with Crippen LogP contribution in [0.25, 0.3) is 0 Å². The molecular formula is C22H32F4N4O6. The molecule has 36 heavy (non-hydrogen) atoms. The first kappa shape index (κ1) is 32.5. The maximum atomic E-state index is 12.3. The van der Waals surface area contributed by atoms with Crippen molar-refractivity contribution in [1.82, 2.24) is 9.80 Å². The summed E-state index contributed by atoms with van der Waals surface area (Å²) < 4.78 is 48.6. The number of carboxylic acid groups (broad SMARTS) is 1. The van der Waals surface area contributed by atoms with E-state index in [9.17, 15) is 41.5 Å². The number of carbonyl (C=O) groups is 5. The van der Waals surface area contributed by atoms with Crippen LogP contribution >= 0.6 is 0 Å². The van der Waals surface area contributed by atoms with Gasteiger partial charge < -0.3 is 26.4 Å². The van der Waals surface area contributed by atoms with Gasteiger partial charge in [0, 0.05) is 31.3 Å². The predicted octanol–water partition coefficient (Wildman–Crippen LogP) is 1.71. The smallest absolute Gasteiger partial charge is 0.316 e. The lowest BCUT2D eigenvalue weighted by Gasteiger charge is -2.24. The summed E-state index contributed by atoms with van der Waals surface area (Å²) in [5.74, 6) is -7.32. The fourth-order valence-corrected chi connectivity index (χ4v) is 4.17. The van der Waals surface area contributed by atoms with Crippen LogP contribution < -0.4 is 11.5 Å². The minimum absolute atomic E-state index is 0. The number of hydrogen-bond acceptors (Lipinski definition) is 5. The zero-order valence-electron chi connectivity index (χ0n) is 19.1. The number of halogens is 4. The molecule has 0 aromatic heterocycles. The predicted molar refractivity (Wildman–Crippen MR) is 120 cm³/mol. The third-order valence-electron chi connectivity index (χ3n) is 5.72. The highest BCUT2D eigenvalue weighted by Gasteiger charge is 2.47. The van der Waals surface area contributed by atoms with Crippen LogP contribution in [-0.4, -0.2) is 69.7 Å². The Kier molecular flexibility index (Phi) is 12.8. The molecule has 0 bridgehead atoms. The lowest BCUT2D eigenvalue weighted by molar-refractivity contribution is -0.150. The maximum absolute atomic E-state index is 12.3. The van der Waals surface area contributed by atoms with Crippen molar-refractivity contribution in [2.75, 3.05) is 13.1 Å². The van der Waals surface area contributed by atoms with Crippen LogP contribution in [-0.2, 0) is 24.0 Å². The first-order valence-corrected chi connectivity index (χ1v) is 10.7. The zero-order valence-corrected chi connectivity index (χ0v) is 19.1. The molecule has 5 atom stereocenters. The van der Waals surface area contributed by atoms with E-state index < -0.39 is 65.7 Å². The monoisotopic (exact) mass is 524 g/mol. The van der Waals surface area contributed by atoms with Crippen LogP contribution in [0.5, 0.6) is 0 Å². The quantitative estimate of drug-likeness (QED) is 0.307. The molecule has 2 aliphatic rings. The summed E-state index contributed by atoms with van der Waals surface area (Å²) in [6.07, 6.45) is -2.06. The number of nitrogens with zero attached hydrogens (tertiary/aromatic N) is 2. The Morgan fingerprint density at radius 1 is 0.944 bits per heavy atom. The van der Waals surface area contributed by atoms with Crippen molar-refractivity contribution in [3.63, 3.8) is 0 Å². The average molecular weight is 525 g/mol. The minimum atomic E-state index is -2.06. The van der Waals surface area contributed by atoms with Crippen molar-refractivity contribution in [2.45, 2.75) is 52.6 Å². The highest BCUT2D eigenvalue weighted by Crippen LogP contribution is 2.30. The Morgan fingerprint density at radius 3 is 1.81 bits per heavy atom. The largest absolute Gasteiger partial charge is 0.481 e. The number of nitrogens with two attached hydrogens (primary N) is 2. The lowest BCUT2D eigenvalue weighted by Crippen LogP contribution is -2.46. The van der Waals surface area contributed by atoms with Gasteiger partial charge in [-0.15, -0.1) is 0 Å². The molecule has 2 saturated heterocycles. The van der Waals surface area contributed by atoms with Gasteiger partial charge in [-0.3, -0.25) is 24.0 Å². The Bertz CT molecular complexity index is 905. The fraction of sp³-hybridized carbons (Fsp3) is 0.591. The molecule has 3 unspecified atom stereocenters. The molecule has 204 valence electrons. The molecule has 0 aromatic carbocycles. The van der Waals surface area contributed by atoms with Gasteiger partial charge >= 0.3 is 5.97 Å².